The maximum atomic E-state index is 13.7. The fourth-order valence-electron chi connectivity index (χ4n) is 3.05. The Kier molecular flexibility index (Phi) is 5.73. The molecule has 2 unspecified atom stereocenters. The van der Waals surface area contributed by atoms with E-state index in [0.717, 1.165) is 25.1 Å². The van der Waals surface area contributed by atoms with E-state index in [1.165, 1.54) is 13.0 Å². The number of likely N-dealkylation sites (tertiary alicyclic amines) is 1. The van der Waals surface area contributed by atoms with Gasteiger partial charge in [0.25, 0.3) is 0 Å². The van der Waals surface area contributed by atoms with E-state index >= 15 is 0 Å². The van der Waals surface area contributed by atoms with Crippen LogP contribution in [0.2, 0.25) is 0 Å². The molecule has 1 heterocycles. The van der Waals surface area contributed by atoms with Crippen LogP contribution in [-0.2, 0) is 0 Å². The molecule has 1 aromatic rings. The van der Waals surface area contributed by atoms with E-state index in [-0.39, 0.29) is 11.9 Å². The van der Waals surface area contributed by atoms with Gasteiger partial charge in [-0.2, -0.15) is 0 Å². The van der Waals surface area contributed by atoms with Crippen molar-refractivity contribution < 1.29 is 4.39 Å². The number of aryl methyl sites for hydroxylation is 1. The van der Waals surface area contributed by atoms with Crippen LogP contribution in [0.3, 0.4) is 0 Å². The Bertz CT molecular complexity index is 461. The number of nitrogens with one attached hydrogen (secondary N) is 1. The molecule has 2 atom stereocenters. The Hall–Kier alpha value is -0.970. The van der Waals surface area contributed by atoms with Crippen molar-refractivity contribution in [3.63, 3.8) is 0 Å². The SMILES string of the molecule is CNC(CCN1CCC(N(C)C)C1)c1ccc(C)c(F)c1. The first kappa shape index (κ1) is 16.4. The summed E-state index contributed by atoms with van der Waals surface area (Å²) in [6.07, 6.45) is 2.26. The number of rotatable bonds is 6. The monoisotopic (exact) mass is 293 g/mol. The average Bonchev–Trinajstić information content (AvgIpc) is 2.92. The standard InChI is InChI=1S/C17H28FN3/c1-13-5-6-14(11-16(13)18)17(19-2)8-10-21-9-7-15(12-21)20(3)4/h5-6,11,15,17,19H,7-10,12H2,1-4H3. The average molecular weight is 293 g/mol. The van der Waals surface area contributed by atoms with Crippen molar-refractivity contribution in [2.24, 2.45) is 0 Å². The molecule has 0 spiro atoms. The normalized spacial score (nSPS) is 21.1. The molecule has 2 rings (SSSR count). The summed E-state index contributed by atoms with van der Waals surface area (Å²) < 4.78 is 13.7. The van der Waals surface area contributed by atoms with E-state index in [9.17, 15) is 4.39 Å². The number of hydrogen-bond donors (Lipinski definition) is 1. The lowest BCUT2D eigenvalue weighted by Gasteiger charge is -2.23. The highest BCUT2D eigenvalue weighted by molar-refractivity contribution is 5.25. The molecular weight excluding hydrogens is 265 g/mol. The molecule has 21 heavy (non-hydrogen) atoms. The summed E-state index contributed by atoms with van der Waals surface area (Å²) in [5.74, 6) is -0.110. The molecule has 4 heteroatoms. The molecule has 1 fully saturated rings. The molecule has 3 nitrogen and oxygen atoms in total. The van der Waals surface area contributed by atoms with Crippen LogP contribution in [0.25, 0.3) is 0 Å². The molecule has 0 saturated carbocycles. The molecular formula is C17H28FN3. The second-order valence-electron chi connectivity index (χ2n) is 6.35. The zero-order chi connectivity index (χ0) is 15.4. The highest BCUT2D eigenvalue weighted by Crippen LogP contribution is 2.21. The molecule has 1 saturated heterocycles. The Morgan fingerprint density at radius 3 is 2.76 bits per heavy atom. The van der Waals surface area contributed by atoms with Gasteiger partial charge in [0, 0.05) is 25.2 Å². The molecule has 1 N–H and O–H groups in total. The van der Waals surface area contributed by atoms with Crippen molar-refractivity contribution in [3.05, 3.63) is 35.1 Å². The van der Waals surface area contributed by atoms with Gasteiger partial charge in [-0.25, -0.2) is 4.39 Å². The fraction of sp³-hybridized carbons (Fsp3) is 0.647. The summed E-state index contributed by atoms with van der Waals surface area (Å²) in [6.45, 7) is 5.18. The first-order valence-electron chi connectivity index (χ1n) is 7.83. The number of benzene rings is 1. The second-order valence-corrected chi connectivity index (χ2v) is 6.35. The summed E-state index contributed by atoms with van der Waals surface area (Å²) >= 11 is 0. The van der Waals surface area contributed by atoms with Crippen LogP contribution in [-0.4, -0.2) is 56.6 Å². The first-order valence-corrected chi connectivity index (χ1v) is 7.83. The molecule has 1 aliphatic heterocycles. The summed E-state index contributed by atoms with van der Waals surface area (Å²) in [7, 11) is 6.26. The zero-order valence-corrected chi connectivity index (χ0v) is 13.7. The van der Waals surface area contributed by atoms with Crippen molar-refractivity contribution in [3.8, 4) is 0 Å². The van der Waals surface area contributed by atoms with Gasteiger partial charge in [-0.05, 0) is 64.6 Å². The quantitative estimate of drug-likeness (QED) is 0.869. The minimum atomic E-state index is -0.110. The van der Waals surface area contributed by atoms with Crippen LogP contribution in [0, 0.1) is 12.7 Å². The van der Waals surface area contributed by atoms with Crippen LogP contribution in [0.15, 0.2) is 18.2 Å². The fourth-order valence-corrected chi connectivity index (χ4v) is 3.05. The van der Waals surface area contributed by atoms with Crippen LogP contribution >= 0.6 is 0 Å². The van der Waals surface area contributed by atoms with Gasteiger partial charge in [0.05, 0.1) is 0 Å². The van der Waals surface area contributed by atoms with E-state index in [4.69, 9.17) is 0 Å². The van der Waals surface area contributed by atoms with E-state index in [0.29, 0.717) is 11.6 Å². The van der Waals surface area contributed by atoms with Gasteiger partial charge >= 0.3 is 0 Å². The van der Waals surface area contributed by atoms with Crippen molar-refractivity contribution in [1.82, 2.24) is 15.1 Å². The van der Waals surface area contributed by atoms with Crippen molar-refractivity contribution in [1.29, 1.82) is 0 Å². The van der Waals surface area contributed by atoms with Crippen LogP contribution < -0.4 is 5.32 Å². The van der Waals surface area contributed by atoms with E-state index in [2.05, 4.69) is 29.2 Å². The van der Waals surface area contributed by atoms with Crippen molar-refractivity contribution >= 4 is 0 Å². The molecule has 118 valence electrons. The van der Waals surface area contributed by atoms with Gasteiger partial charge in [-0.1, -0.05) is 12.1 Å². The van der Waals surface area contributed by atoms with Crippen molar-refractivity contribution in [2.45, 2.75) is 31.8 Å². The minimum Gasteiger partial charge on any atom is -0.313 e. The van der Waals surface area contributed by atoms with Gasteiger partial charge < -0.3 is 15.1 Å². The maximum Gasteiger partial charge on any atom is 0.126 e. The molecule has 1 aliphatic rings. The lowest BCUT2D eigenvalue weighted by molar-refractivity contribution is 0.260. The Morgan fingerprint density at radius 1 is 1.43 bits per heavy atom. The van der Waals surface area contributed by atoms with E-state index in [1.54, 1.807) is 13.0 Å². The number of hydrogen-bond acceptors (Lipinski definition) is 3. The van der Waals surface area contributed by atoms with Crippen LogP contribution in [0.5, 0.6) is 0 Å². The van der Waals surface area contributed by atoms with Gasteiger partial charge in [0.1, 0.15) is 5.82 Å². The predicted molar refractivity (Wildman–Crippen MR) is 86.1 cm³/mol. The van der Waals surface area contributed by atoms with E-state index in [1.807, 2.05) is 19.2 Å². The molecule has 1 aromatic carbocycles. The largest absolute Gasteiger partial charge is 0.313 e. The summed E-state index contributed by atoms with van der Waals surface area (Å²) in [6, 6.07) is 6.47. The molecule has 0 bridgehead atoms. The smallest absolute Gasteiger partial charge is 0.126 e. The third kappa shape index (κ3) is 4.25. The Labute approximate surface area is 128 Å². The first-order chi connectivity index (χ1) is 10.0. The lowest BCUT2D eigenvalue weighted by atomic mass is 10.0. The summed E-state index contributed by atoms with van der Waals surface area (Å²) in [5, 5.41) is 3.32. The van der Waals surface area contributed by atoms with Crippen LogP contribution in [0.1, 0.15) is 30.0 Å². The highest BCUT2D eigenvalue weighted by atomic mass is 19.1. The Morgan fingerprint density at radius 2 is 2.19 bits per heavy atom. The second kappa shape index (κ2) is 7.34. The number of halogens is 1. The summed E-state index contributed by atoms with van der Waals surface area (Å²) in [4.78, 5) is 4.82. The van der Waals surface area contributed by atoms with E-state index < -0.39 is 0 Å². The predicted octanol–water partition coefficient (Wildman–Crippen LogP) is 2.42. The third-order valence-corrected chi connectivity index (χ3v) is 4.66. The highest BCUT2D eigenvalue weighted by Gasteiger charge is 2.24. The molecule has 0 aromatic heterocycles. The molecule has 0 amide bonds. The van der Waals surface area contributed by atoms with Gasteiger partial charge in [-0.15, -0.1) is 0 Å². The van der Waals surface area contributed by atoms with Gasteiger partial charge in [0.15, 0.2) is 0 Å². The van der Waals surface area contributed by atoms with Gasteiger partial charge in [0.2, 0.25) is 0 Å². The maximum absolute atomic E-state index is 13.7. The molecule has 0 aliphatic carbocycles. The number of nitrogens with zero attached hydrogens (tertiary/aromatic N) is 2. The third-order valence-electron chi connectivity index (χ3n) is 4.66. The van der Waals surface area contributed by atoms with Crippen LogP contribution in [0.4, 0.5) is 4.39 Å². The summed E-state index contributed by atoms with van der Waals surface area (Å²) in [5.41, 5.74) is 1.76. The van der Waals surface area contributed by atoms with Crippen molar-refractivity contribution in [2.75, 3.05) is 40.8 Å². The topological polar surface area (TPSA) is 18.5 Å². The zero-order valence-electron chi connectivity index (χ0n) is 13.7. The Balaban J connectivity index is 1.89. The van der Waals surface area contributed by atoms with Gasteiger partial charge in [-0.3, -0.25) is 0 Å². The lowest BCUT2D eigenvalue weighted by Crippen LogP contribution is -2.32. The minimum absolute atomic E-state index is 0.110. The number of likely N-dealkylation sites (N-methyl/N-ethyl adjacent to an activating group) is 1. The molecule has 0 radical (unpaired) electrons.